The van der Waals surface area contributed by atoms with Crippen molar-refractivity contribution in [2.75, 3.05) is 6.61 Å². The Bertz CT molecular complexity index is 2430. The van der Waals surface area contributed by atoms with Gasteiger partial charge in [0.2, 0.25) is 29.5 Å². The van der Waals surface area contributed by atoms with Crippen molar-refractivity contribution in [3.05, 3.63) is 149 Å². The Kier molecular flexibility index (Phi) is 17.5. The summed E-state index contributed by atoms with van der Waals surface area (Å²) in [7, 11) is 0. The van der Waals surface area contributed by atoms with Crippen molar-refractivity contribution in [1.82, 2.24) is 26.6 Å². The molecule has 17 heteroatoms. The molecule has 5 aromatic carbocycles. The van der Waals surface area contributed by atoms with Crippen LogP contribution in [0.3, 0.4) is 0 Å². The molecule has 10 N–H and O–H groups in total. The summed E-state index contributed by atoms with van der Waals surface area (Å²) in [6.07, 6.45) is -0.498. The zero-order chi connectivity index (χ0) is 47.8. The van der Waals surface area contributed by atoms with Gasteiger partial charge in [-0.05, 0) is 95.4 Å². The van der Waals surface area contributed by atoms with Gasteiger partial charge in [-0.3, -0.25) is 24.0 Å². The van der Waals surface area contributed by atoms with E-state index in [0.29, 0.717) is 27.8 Å². The van der Waals surface area contributed by atoms with Crippen LogP contribution in [0.2, 0.25) is 0 Å². The third-order valence-electron chi connectivity index (χ3n) is 10.4. The van der Waals surface area contributed by atoms with Gasteiger partial charge in [-0.15, -0.1) is 0 Å². The molecule has 0 saturated carbocycles. The third kappa shape index (κ3) is 15.3. The smallest absolute Gasteiger partial charge is 0.328 e. The van der Waals surface area contributed by atoms with Gasteiger partial charge >= 0.3 is 5.97 Å². The lowest BCUT2D eigenvalue weighted by Gasteiger charge is -2.27. The predicted molar refractivity (Wildman–Crippen MR) is 241 cm³/mol. The minimum atomic E-state index is -1.43. The second-order valence-electron chi connectivity index (χ2n) is 15.6. The maximum Gasteiger partial charge on any atom is 0.328 e. The summed E-state index contributed by atoms with van der Waals surface area (Å²) in [6.45, 7) is 2.84. The highest BCUT2D eigenvalue weighted by Gasteiger charge is 2.33. The van der Waals surface area contributed by atoms with E-state index in [-0.39, 0.29) is 67.5 Å². The number of nitrogens with one attached hydrogen (secondary N) is 5. The molecule has 0 bridgehead atoms. The van der Waals surface area contributed by atoms with E-state index in [0.717, 1.165) is 0 Å². The summed E-state index contributed by atoms with van der Waals surface area (Å²) < 4.78 is 5.26. The Labute approximate surface area is 380 Å². The maximum atomic E-state index is 14.6. The fourth-order valence-corrected chi connectivity index (χ4v) is 6.95. The zero-order valence-corrected chi connectivity index (χ0v) is 36.3. The summed E-state index contributed by atoms with van der Waals surface area (Å²) in [5.41, 5.74) is 2.68. The molecule has 66 heavy (non-hydrogen) atoms. The van der Waals surface area contributed by atoms with E-state index in [4.69, 9.17) is 4.74 Å². The van der Waals surface area contributed by atoms with Crippen molar-refractivity contribution in [2.45, 2.75) is 76.2 Å². The first-order valence-corrected chi connectivity index (χ1v) is 21.1. The van der Waals surface area contributed by atoms with Crippen molar-refractivity contribution in [3.8, 4) is 28.7 Å². The first-order valence-electron chi connectivity index (χ1n) is 21.1. The Morgan fingerprint density at radius 3 is 0.818 bits per heavy atom. The minimum absolute atomic E-state index is 0.00468. The monoisotopic (exact) mass is 903 g/mol. The highest BCUT2D eigenvalue weighted by atomic mass is 16.5. The van der Waals surface area contributed by atoms with Crippen LogP contribution in [-0.2, 0) is 65.6 Å². The molecule has 0 saturated heterocycles. The number of hydrogen-bond acceptors (Lipinski definition) is 12. The van der Waals surface area contributed by atoms with Gasteiger partial charge in [0, 0.05) is 39.0 Å². The maximum absolute atomic E-state index is 14.6. The minimum Gasteiger partial charge on any atom is -0.508 e. The first kappa shape index (κ1) is 48.9. The fraction of sp³-hybridized carbons (Fsp3) is 0.265. The van der Waals surface area contributed by atoms with Gasteiger partial charge in [0.15, 0.2) is 0 Å². The van der Waals surface area contributed by atoms with Gasteiger partial charge in [-0.1, -0.05) is 60.7 Å². The van der Waals surface area contributed by atoms with Crippen molar-refractivity contribution in [1.29, 1.82) is 0 Å². The van der Waals surface area contributed by atoms with E-state index < -0.39 is 65.7 Å². The van der Waals surface area contributed by atoms with Crippen LogP contribution in [0.1, 0.15) is 41.7 Å². The van der Waals surface area contributed by atoms with Crippen LogP contribution in [0, 0.1) is 0 Å². The summed E-state index contributed by atoms with van der Waals surface area (Å²) in [5.74, 6) is -4.67. The topological polar surface area (TPSA) is 273 Å². The molecule has 17 nitrogen and oxygen atoms in total. The van der Waals surface area contributed by atoms with Crippen LogP contribution in [0.15, 0.2) is 121 Å². The number of ether oxygens (including phenoxy) is 1. The van der Waals surface area contributed by atoms with Crippen molar-refractivity contribution in [2.24, 2.45) is 0 Å². The molecule has 0 unspecified atom stereocenters. The van der Waals surface area contributed by atoms with Crippen LogP contribution >= 0.6 is 0 Å². The Balaban J connectivity index is 1.46. The number of amides is 5. The molecule has 0 radical (unpaired) electrons. The number of phenols is 5. The predicted octanol–water partition coefficient (Wildman–Crippen LogP) is 2.73. The lowest BCUT2D eigenvalue weighted by molar-refractivity contribution is -0.147. The molecule has 0 aliphatic heterocycles. The van der Waals surface area contributed by atoms with Gasteiger partial charge in [0.25, 0.3) is 0 Å². The van der Waals surface area contributed by atoms with E-state index in [1.54, 1.807) is 55.5 Å². The molecule has 0 spiro atoms. The molecule has 0 aliphatic rings. The van der Waals surface area contributed by atoms with E-state index in [9.17, 15) is 54.3 Å². The summed E-state index contributed by atoms with van der Waals surface area (Å²) >= 11 is 0. The van der Waals surface area contributed by atoms with Gasteiger partial charge in [-0.2, -0.15) is 0 Å². The Morgan fingerprint density at radius 2 is 0.591 bits per heavy atom. The van der Waals surface area contributed by atoms with Crippen LogP contribution in [-0.4, -0.2) is 97.9 Å². The van der Waals surface area contributed by atoms with E-state index in [2.05, 4.69) is 26.6 Å². The SMILES string of the molecule is CCOC(=O)[C@H](Cc1ccc(O)cc1)NC(=O)[C@H](Cc1ccc(O)cc1)NC(=O)[C@H](Cc1ccc(O)cc1)NC(=O)[C@H](Cc1ccc(O)cc1)NC(=O)[C@H](Cc1ccc(O)cc1)NC(C)=O. The quantitative estimate of drug-likeness (QED) is 0.0477. The highest BCUT2D eigenvalue weighted by molar-refractivity contribution is 5.96. The van der Waals surface area contributed by atoms with E-state index in [1.165, 1.54) is 79.7 Å². The average molecular weight is 904 g/mol. The summed E-state index contributed by atoms with van der Waals surface area (Å²) in [5, 5.41) is 62.9. The zero-order valence-electron chi connectivity index (χ0n) is 36.3. The van der Waals surface area contributed by atoms with Gasteiger partial charge in [-0.25, -0.2) is 4.79 Å². The molecule has 0 aromatic heterocycles. The molecule has 0 aliphatic carbocycles. The lowest BCUT2D eigenvalue weighted by Crippen LogP contribution is -2.60. The highest BCUT2D eigenvalue weighted by Crippen LogP contribution is 2.18. The van der Waals surface area contributed by atoms with Crippen molar-refractivity contribution < 1.29 is 59.0 Å². The number of benzene rings is 5. The average Bonchev–Trinajstić information content (AvgIpc) is 3.28. The lowest BCUT2D eigenvalue weighted by atomic mass is 9.99. The molecule has 0 fully saturated rings. The molecular weight excluding hydrogens is 851 g/mol. The summed E-state index contributed by atoms with van der Waals surface area (Å²) in [6, 6.07) is 23.0. The Morgan fingerprint density at radius 1 is 0.379 bits per heavy atom. The van der Waals surface area contributed by atoms with Crippen LogP contribution in [0.25, 0.3) is 0 Å². The molecule has 5 aromatic rings. The number of rotatable bonds is 21. The fourth-order valence-electron chi connectivity index (χ4n) is 6.95. The number of carbonyl (C=O) groups is 6. The van der Waals surface area contributed by atoms with E-state index in [1.807, 2.05) is 0 Å². The molecule has 5 rings (SSSR count). The number of aromatic hydroxyl groups is 5. The number of hydrogen-bond donors (Lipinski definition) is 10. The number of phenolic OH excluding ortho intramolecular Hbond substituents is 5. The molecule has 5 amide bonds. The molecule has 346 valence electrons. The van der Waals surface area contributed by atoms with Gasteiger partial charge in [0.05, 0.1) is 6.61 Å². The second-order valence-corrected chi connectivity index (χ2v) is 15.6. The first-order chi connectivity index (χ1) is 31.5. The van der Waals surface area contributed by atoms with Crippen LogP contribution in [0.4, 0.5) is 0 Å². The van der Waals surface area contributed by atoms with Crippen molar-refractivity contribution >= 4 is 35.5 Å². The molecular formula is C49H53N5O12. The van der Waals surface area contributed by atoms with Crippen LogP contribution < -0.4 is 26.6 Å². The van der Waals surface area contributed by atoms with Gasteiger partial charge in [0.1, 0.15) is 59.0 Å². The molecule has 5 atom stereocenters. The van der Waals surface area contributed by atoms with Crippen molar-refractivity contribution in [3.63, 3.8) is 0 Å². The molecule has 0 heterocycles. The third-order valence-corrected chi connectivity index (χ3v) is 10.4. The summed E-state index contributed by atoms with van der Waals surface area (Å²) in [4.78, 5) is 82.7. The Hall–Kier alpha value is -8.08. The normalized spacial score (nSPS) is 13.1. The largest absolute Gasteiger partial charge is 0.508 e. The van der Waals surface area contributed by atoms with Gasteiger partial charge < -0.3 is 56.9 Å². The number of carbonyl (C=O) groups excluding carboxylic acids is 6. The standard InChI is InChI=1S/C49H53N5O12/c1-3-66-49(65)44(28-34-12-22-39(60)23-13-34)54-48(64)43(27-33-10-20-38(59)21-11-33)53-47(63)42(26-32-8-18-37(58)19-9-32)52-46(62)41(25-31-6-16-36(57)17-7-31)51-45(61)40(50-29(2)55)24-30-4-14-35(56)15-5-30/h4-23,40-44,56-60H,3,24-28H2,1-2H3,(H,50,55)(H,51,61)(H,52,62)(H,53,63)(H,54,64)/t40-,41-,42-,43-,44-/m0/s1. The second kappa shape index (κ2) is 23.6. The van der Waals surface area contributed by atoms with E-state index >= 15 is 0 Å². The van der Waals surface area contributed by atoms with Crippen LogP contribution in [0.5, 0.6) is 28.7 Å². The number of esters is 1.